The normalized spacial score (nSPS) is 12.4. The minimum absolute atomic E-state index is 0.0361. The van der Waals surface area contributed by atoms with Crippen LogP contribution in [0.25, 0.3) is 0 Å². The summed E-state index contributed by atoms with van der Waals surface area (Å²) < 4.78 is 0. The smallest absolute Gasteiger partial charge is 0.303 e. The Morgan fingerprint density at radius 1 is 1.31 bits per heavy atom. The Kier molecular flexibility index (Phi) is 5.29. The molecule has 0 bridgehead atoms. The highest BCUT2D eigenvalue weighted by Crippen LogP contribution is 2.19. The van der Waals surface area contributed by atoms with Gasteiger partial charge in [-0.2, -0.15) is 0 Å². The fourth-order valence-corrected chi connectivity index (χ4v) is 1.64. The molecule has 0 aromatic heterocycles. The second-order valence-corrected chi connectivity index (χ2v) is 4.23. The summed E-state index contributed by atoms with van der Waals surface area (Å²) >= 11 is 5.77. The van der Waals surface area contributed by atoms with E-state index in [0.717, 1.165) is 18.4 Å². The number of carboxylic acids is 1. The first kappa shape index (κ1) is 13.0. The van der Waals surface area contributed by atoms with Crippen molar-refractivity contribution >= 4 is 17.6 Å². The maximum Gasteiger partial charge on any atom is 0.303 e. The minimum atomic E-state index is -0.750. The van der Waals surface area contributed by atoms with Crippen molar-refractivity contribution in [1.82, 2.24) is 0 Å². The Morgan fingerprint density at radius 3 is 2.50 bits per heavy atom. The summed E-state index contributed by atoms with van der Waals surface area (Å²) in [6.45, 7) is 0. The van der Waals surface area contributed by atoms with Gasteiger partial charge in [0.05, 0.1) is 0 Å². The van der Waals surface area contributed by atoms with E-state index in [9.17, 15) is 4.79 Å². The van der Waals surface area contributed by atoms with Gasteiger partial charge in [-0.3, -0.25) is 4.79 Å². The molecule has 4 heteroatoms. The van der Waals surface area contributed by atoms with Crippen molar-refractivity contribution in [3.63, 3.8) is 0 Å². The Balaban J connectivity index is 2.32. The first-order valence-corrected chi connectivity index (χ1v) is 5.70. The highest BCUT2D eigenvalue weighted by Gasteiger charge is 2.06. The van der Waals surface area contributed by atoms with Crippen molar-refractivity contribution in [2.24, 2.45) is 5.73 Å². The second-order valence-electron chi connectivity index (χ2n) is 3.80. The van der Waals surface area contributed by atoms with E-state index in [4.69, 9.17) is 22.4 Å². The maximum atomic E-state index is 10.3. The molecule has 1 aromatic carbocycles. The van der Waals surface area contributed by atoms with Crippen molar-refractivity contribution in [1.29, 1.82) is 0 Å². The zero-order chi connectivity index (χ0) is 12.0. The molecule has 0 aliphatic rings. The Hall–Kier alpha value is -1.06. The van der Waals surface area contributed by atoms with Gasteiger partial charge in [-0.15, -0.1) is 0 Å². The quantitative estimate of drug-likeness (QED) is 0.753. The molecule has 0 radical (unpaired) electrons. The lowest BCUT2D eigenvalue weighted by Gasteiger charge is -2.11. The molecule has 0 heterocycles. The van der Waals surface area contributed by atoms with Gasteiger partial charge in [0.2, 0.25) is 0 Å². The average Bonchev–Trinajstić information content (AvgIpc) is 2.25. The van der Waals surface area contributed by atoms with Gasteiger partial charge in [-0.25, -0.2) is 0 Å². The zero-order valence-electron chi connectivity index (χ0n) is 9.03. The molecule has 16 heavy (non-hydrogen) atoms. The van der Waals surface area contributed by atoms with Crippen LogP contribution in [0.1, 0.15) is 37.3 Å². The number of carbonyl (C=O) groups is 1. The number of nitrogens with two attached hydrogens (primary N) is 1. The van der Waals surface area contributed by atoms with Gasteiger partial charge in [0.15, 0.2) is 0 Å². The zero-order valence-corrected chi connectivity index (χ0v) is 9.78. The molecular weight excluding hydrogens is 226 g/mol. The molecule has 0 aliphatic heterocycles. The second kappa shape index (κ2) is 6.51. The van der Waals surface area contributed by atoms with E-state index in [0.29, 0.717) is 11.4 Å². The maximum absolute atomic E-state index is 10.3. The molecule has 88 valence electrons. The summed E-state index contributed by atoms with van der Waals surface area (Å²) in [5.41, 5.74) is 7.01. The van der Waals surface area contributed by atoms with Crippen LogP contribution in [0.15, 0.2) is 24.3 Å². The largest absolute Gasteiger partial charge is 0.481 e. The van der Waals surface area contributed by atoms with Gasteiger partial charge < -0.3 is 10.8 Å². The highest BCUT2D eigenvalue weighted by molar-refractivity contribution is 6.30. The van der Waals surface area contributed by atoms with Crippen LogP contribution >= 0.6 is 11.6 Å². The number of halogens is 1. The third-order valence-corrected chi connectivity index (χ3v) is 2.71. The van der Waals surface area contributed by atoms with Crippen LogP contribution in [0.4, 0.5) is 0 Å². The van der Waals surface area contributed by atoms with E-state index < -0.39 is 5.97 Å². The Labute approximate surface area is 100 Å². The van der Waals surface area contributed by atoms with E-state index in [1.807, 2.05) is 24.3 Å². The minimum Gasteiger partial charge on any atom is -0.481 e. The van der Waals surface area contributed by atoms with Gasteiger partial charge >= 0.3 is 5.97 Å². The molecule has 0 fully saturated rings. The average molecular weight is 242 g/mol. The molecule has 0 saturated heterocycles. The number of benzene rings is 1. The number of hydrogen-bond acceptors (Lipinski definition) is 2. The summed E-state index contributed by atoms with van der Waals surface area (Å²) in [5.74, 6) is -0.750. The van der Waals surface area contributed by atoms with Crippen molar-refractivity contribution in [2.75, 3.05) is 0 Å². The SMILES string of the molecule is NC(CCCCC(=O)O)c1ccc(Cl)cc1. The molecule has 1 atom stereocenters. The van der Waals surface area contributed by atoms with Crippen LogP contribution in [0.5, 0.6) is 0 Å². The van der Waals surface area contributed by atoms with E-state index in [2.05, 4.69) is 0 Å². The van der Waals surface area contributed by atoms with Crippen LogP contribution in [-0.2, 0) is 4.79 Å². The third kappa shape index (κ3) is 4.64. The van der Waals surface area contributed by atoms with Gasteiger partial charge in [-0.1, -0.05) is 30.2 Å². The molecule has 0 aliphatic carbocycles. The molecule has 3 N–H and O–H groups in total. The molecule has 0 amide bonds. The fourth-order valence-electron chi connectivity index (χ4n) is 1.52. The predicted molar refractivity (Wildman–Crippen MR) is 64.5 cm³/mol. The van der Waals surface area contributed by atoms with Gasteiger partial charge in [0, 0.05) is 17.5 Å². The Morgan fingerprint density at radius 2 is 1.94 bits per heavy atom. The van der Waals surface area contributed by atoms with Gasteiger partial charge in [0.25, 0.3) is 0 Å². The third-order valence-electron chi connectivity index (χ3n) is 2.45. The van der Waals surface area contributed by atoms with Crippen molar-refractivity contribution in [2.45, 2.75) is 31.7 Å². The number of aliphatic carboxylic acids is 1. The fraction of sp³-hybridized carbons (Fsp3) is 0.417. The first-order chi connectivity index (χ1) is 7.59. The van der Waals surface area contributed by atoms with E-state index in [1.165, 1.54) is 0 Å². The first-order valence-electron chi connectivity index (χ1n) is 5.32. The number of rotatable bonds is 6. The predicted octanol–water partition coefficient (Wildman–Crippen LogP) is 2.98. The van der Waals surface area contributed by atoms with Crippen molar-refractivity contribution in [3.05, 3.63) is 34.9 Å². The molecule has 0 saturated carbocycles. The molecule has 1 rings (SSSR count). The standard InChI is InChI=1S/C12H16ClNO2/c13-10-7-5-9(6-8-10)11(14)3-1-2-4-12(15)16/h5-8,11H,1-4,14H2,(H,15,16). The van der Waals surface area contributed by atoms with E-state index >= 15 is 0 Å². The van der Waals surface area contributed by atoms with Crippen LogP contribution in [0, 0.1) is 0 Å². The summed E-state index contributed by atoms with van der Waals surface area (Å²) in [7, 11) is 0. The topological polar surface area (TPSA) is 63.3 Å². The summed E-state index contributed by atoms with van der Waals surface area (Å²) in [5, 5.41) is 9.18. The highest BCUT2D eigenvalue weighted by atomic mass is 35.5. The van der Waals surface area contributed by atoms with Crippen LogP contribution in [0.3, 0.4) is 0 Å². The van der Waals surface area contributed by atoms with Crippen LogP contribution in [0.2, 0.25) is 5.02 Å². The molecule has 3 nitrogen and oxygen atoms in total. The molecular formula is C12H16ClNO2. The number of hydrogen-bond donors (Lipinski definition) is 2. The van der Waals surface area contributed by atoms with Crippen molar-refractivity contribution < 1.29 is 9.90 Å². The lowest BCUT2D eigenvalue weighted by Crippen LogP contribution is -2.10. The molecule has 0 spiro atoms. The molecule has 1 aromatic rings. The lowest BCUT2D eigenvalue weighted by atomic mass is 10.0. The Bertz CT molecular complexity index is 337. The van der Waals surface area contributed by atoms with Crippen molar-refractivity contribution in [3.8, 4) is 0 Å². The monoisotopic (exact) mass is 241 g/mol. The van der Waals surface area contributed by atoms with E-state index in [1.54, 1.807) is 0 Å². The summed E-state index contributed by atoms with van der Waals surface area (Å²) in [4.78, 5) is 10.3. The lowest BCUT2D eigenvalue weighted by molar-refractivity contribution is -0.137. The van der Waals surface area contributed by atoms with Gasteiger partial charge in [-0.05, 0) is 30.5 Å². The van der Waals surface area contributed by atoms with Crippen LogP contribution < -0.4 is 5.73 Å². The summed E-state index contributed by atoms with van der Waals surface area (Å²) in [6, 6.07) is 7.40. The molecule has 1 unspecified atom stereocenters. The number of carboxylic acid groups (broad SMARTS) is 1. The van der Waals surface area contributed by atoms with E-state index in [-0.39, 0.29) is 12.5 Å². The summed E-state index contributed by atoms with van der Waals surface area (Å²) in [6.07, 6.45) is 2.52. The van der Waals surface area contributed by atoms with Crippen LogP contribution in [-0.4, -0.2) is 11.1 Å². The number of unbranched alkanes of at least 4 members (excludes halogenated alkanes) is 1. The van der Waals surface area contributed by atoms with Gasteiger partial charge in [0.1, 0.15) is 0 Å².